The summed E-state index contributed by atoms with van der Waals surface area (Å²) in [5.74, 6) is -0.207. The molecule has 2 rings (SSSR count). The van der Waals surface area contributed by atoms with E-state index in [1.54, 1.807) is 9.55 Å². The molecular weight excluding hydrogens is 294 g/mol. The van der Waals surface area contributed by atoms with Gasteiger partial charge in [-0.25, -0.2) is 0 Å². The summed E-state index contributed by atoms with van der Waals surface area (Å²) in [4.78, 5) is 15.5. The molecule has 1 aliphatic rings. The van der Waals surface area contributed by atoms with Crippen molar-refractivity contribution in [2.24, 2.45) is 0 Å². The van der Waals surface area contributed by atoms with Crippen LogP contribution in [0, 0.1) is 10.1 Å². The van der Waals surface area contributed by atoms with Gasteiger partial charge in [-0.2, -0.15) is 0 Å². The number of imidazole rings is 1. The molecular formula is C9H10BrN3O4. The zero-order valence-electron chi connectivity index (χ0n) is 8.78. The van der Waals surface area contributed by atoms with Crippen molar-refractivity contribution in [3.63, 3.8) is 0 Å². The minimum absolute atomic E-state index is 0.125. The zero-order chi connectivity index (χ0) is 12.3. The second kappa shape index (κ2) is 5.28. The van der Waals surface area contributed by atoms with E-state index in [0.717, 1.165) is 0 Å². The van der Waals surface area contributed by atoms with E-state index in [4.69, 9.17) is 9.47 Å². The van der Waals surface area contributed by atoms with Gasteiger partial charge < -0.3 is 19.6 Å². The van der Waals surface area contributed by atoms with Crippen LogP contribution in [0.1, 0.15) is 0 Å². The van der Waals surface area contributed by atoms with E-state index in [-0.39, 0.29) is 17.9 Å². The average molecular weight is 304 g/mol. The number of ether oxygens (including phenoxy) is 2. The molecule has 1 aromatic heterocycles. The van der Waals surface area contributed by atoms with Crippen LogP contribution in [0.15, 0.2) is 17.3 Å². The Kier molecular flexibility index (Phi) is 3.75. The lowest BCUT2D eigenvalue weighted by Crippen LogP contribution is -2.32. The fourth-order valence-electron chi connectivity index (χ4n) is 1.49. The predicted octanol–water partition coefficient (Wildman–Crippen LogP) is 1.48. The molecule has 0 bridgehead atoms. The maximum Gasteiger partial charge on any atom is 0.414 e. The molecule has 8 heteroatoms. The Morgan fingerprint density at radius 3 is 3.35 bits per heavy atom. The molecule has 92 valence electrons. The maximum absolute atomic E-state index is 10.5. The van der Waals surface area contributed by atoms with Crippen LogP contribution < -0.4 is 4.74 Å². The second-order valence-electron chi connectivity index (χ2n) is 3.42. The zero-order valence-corrected chi connectivity index (χ0v) is 10.4. The van der Waals surface area contributed by atoms with Crippen LogP contribution in [-0.2, 0) is 11.3 Å². The van der Waals surface area contributed by atoms with Gasteiger partial charge in [0.2, 0.25) is 0 Å². The minimum atomic E-state index is -0.544. The smallest absolute Gasteiger partial charge is 0.414 e. The number of nitro groups is 1. The highest BCUT2D eigenvalue weighted by atomic mass is 79.9. The summed E-state index contributed by atoms with van der Waals surface area (Å²) >= 11 is 3.14. The SMILES string of the molecule is O=[N+]([O-])c1cn2c(n1)OC[C@@H](OC/C=C/Br)C2. The molecule has 17 heavy (non-hydrogen) atoms. The van der Waals surface area contributed by atoms with Gasteiger partial charge in [0.15, 0.2) is 0 Å². The highest BCUT2D eigenvalue weighted by Gasteiger charge is 2.27. The number of hydrogen-bond donors (Lipinski definition) is 0. The Morgan fingerprint density at radius 1 is 1.82 bits per heavy atom. The number of fused-ring (bicyclic) bond motifs is 1. The van der Waals surface area contributed by atoms with Crippen molar-refractivity contribution in [1.82, 2.24) is 9.55 Å². The number of nitrogens with zero attached hydrogens (tertiary/aromatic N) is 3. The van der Waals surface area contributed by atoms with Gasteiger partial charge in [0.05, 0.1) is 13.2 Å². The van der Waals surface area contributed by atoms with E-state index < -0.39 is 4.92 Å². The van der Waals surface area contributed by atoms with Crippen molar-refractivity contribution in [1.29, 1.82) is 0 Å². The lowest BCUT2D eigenvalue weighted by atomic mass is 10.3. The molecule has 0 amide bonds. The third-order valence-electron chi connectivity index (χ3n) is 2.23. The number of hydrogen-bond acceptors (Lipinski definition) is 5. The van der Waals surface area contributed by atoms with Crippen LogP contribution in [0.3, 0.4) is 0 Å². The summed E-state index contributed by atoms with van der Waals surface area (Å²) in [6.07, 6.45) is 3.04. The molecule has 0 aromatic carbocycles. The first-order valence-electron chi connectivity index (χ1n) is 4.92. The summed E-state index contributed by atoms with van der Waals surface area (Å²) in [6, 6.07) is 0.271. The summed E-state index contributed by atoms with van der Waals surface area (Å²) in [5.41, 5.74) is 0. The standard InChI is InChI=1S/C9H10BrN3O4/c10-2-1-3-16-7-4-12-5-8(13(14)15)11-9(12)17-6-7/h1-2,5,7H,3-4,6H2/b2-1+/t7-/m0/s1. The van der Waals surface area contributed by atoms with E-state index in [9.17, 15) is 10.1 Å². The van der Waals surface area contributed by atoms with Crippen LogP contribution in [0.4, 0.5) is 5.82 Å². The van der Waals surface area contributed by atoms with Crippen LogP contribution >= 0.6 is 15.9 Å². The van der Waals surface area contributed by atoms with Gasteiger partial charge in [-0.15, -0.1) is 0 Å². The van der Waals surface area contributed by atoms with Gasteiger partial charge in [-0.05, 0) is 9.91 Å². The molecule has 0 radical (unpaired) electrons. The molecule has 0 fully saturated rings. The van der Waals surface area contributed by atoms with Crippen molar-refractivity contribution in [3.05, 3.63) is 27.4 Å². The van der Waals surface area contributed by atoms with Crippen molar-refractivity contribution in [2.45, 2.75) is 12.6 Å². The van der Waals surface area contributed by atoms with Crippen molar-refractivity contribution in [3.8, 4) is 6.01 Å². The molecule has 0 saturated carbocycles. The normalized spacial score (nSPS) is 19.0. The topological polar surface area (TPSA) is 79.4 Å². The highest BCUT2D eigenvalue weighted by Crippen LogP contribution is 2.22. The summed E-state index contributed by atoms with van der Waals surface area (Å²) in [5, 5.41) is 10.5. The monoisotopic (exact) mass is 303 g/mol. The minimum Gasteiger partial charge on any atom is -0.443 e. The highest BCUT2D eigenvalue weighted by molar-refractivity contribution is 9.11. The first-order valence-corrected chi connectivity index (χ1v) is 5.83. The lowest BCUT2D eigenvalue weighted by Gasteiger charge is -2.21. The Bertz CT molecular complexity index is 445. The molecule has 7 nitrogen and oxygen atoms in total. The van der Waals surface area contributed by atoms with E-state index >= 15 is 0 Å². The van der Waals surface area contributed by atoms with Gasteiger partial charge >= 0.3 is 11.8 Å². The van der Waals surface area contributed by atoms with Gasteiger partial charge in [-0.1, -0.05) is 22.0 Å². The Morgan fingerprint density at radius 2 is 2.65 bits per heavy atom. The largest absolute Gasteiger partial charge is 0.443 e. The van der Waals surface area contributed by atoms with Crippen LogP contribution in [0.25, 0.3) is 0 Å². The first-order chi connectivity index (χ1) is 8.20. The van der Waals surface area contributed by atoms with E-state index in [2.05, 4.69) is 20.9 Å². The van der Waals surface area contributed by atoms with Gasteiger partial charge in [0, 0.05) is 4.98 Å². The molecule has 1 aliphatic heterocycles. The molecule has 1 aromatic rings. The van der Waals surface area contributed by atoms with Crippen molar-refractivity contribution >= 4 is 21.7 Å². The van der Waals surface area contributed by atoms with E-state index in [1.807, 2.05) is 6.08 Å². The van der Waals surface area contributed by atoms with E-state index in [1.165, 1.54) is 6.20 Å². The molecule has 0 spiro atoms. The average Bonchev–Trinajstić information content (AvgIpc) is 2.72. The first kappa shape index (κ1) is 12.1. The predicted molar refractivity (Wildman–Crippen MR) is 62.2 cm³/mol. The maximum atomic E-state index is 10.5. The van der Waals surface area contributed by atoms with Gasteiger partial charge in [0.1, 0.15) is 18.9 Å². The molecule has 2 heterocycles. The van der Waals surface area contributed by atoms with Crippen molar-refractivity contribution in [2.75, 3.05) is 13.2 Å². The number of rotatable bonds is 4. The molecule has 0 aliphatic carbocycles. The van der Waals surface area contributed by atoms with E-state index in [0.29, 0.717) is 19.8 Å². The summed E-state index contributed by atoms with van der Waals surface area (Å²) < 4.78 is 12.4. The Balaban J connectivity index is 2.00. The molecule has 0 saturated heterocycles. The quantitative estimate of drug-likeness (QED) is 0.622. The number of halogens is 1. The third kappa shape index (κ3) is 2.83. The Hall–Kier alpha value is -1.41. The fourth-order valence-corrected chi connectivity index (χ4v) is 1.64. The molecule has 1 atom stereocenters. The fraction of sp³-hybridized carbons (Fsp3) is 0.444. The van der Waals surface area contributed by atoms with Crippen LogP contribution in [-0.4, -0.2) is 33.8 Å². The third-order valence-corrected chi connectivity index (χ3v) is 2.60. The van der Waals surface area contributed by atoms with Gasteiger partial charge in [0.25, 0.3) is 0 Å². The molecule has 0 unspecified atom stereocenters. The van der Waals surface area contributed by atoms with Crippen LogP contribution in [0.5, 0.6) is 6.01 Å². The number of aromatic nitrogens is 2. The van der Waals surface area contributed by atoms with Gasteiger partial charge in [-0.3, -0.25) is 4.57 Å². The summed E-state index contributed by atoms with van der Waals surface area (Å²) in [7, 11) is 0. The Labute approximate surface area is 105 Å². The summed E-state index contributed by atoms with van der Waals surface area (Å²) in [6.45, 7) is 1.32. The van der Waals surface area contributed by atoms with Crippen LogP contribution in [0.2, 0.25) is 0 Å². The molecule has 0 N–H and O–H groups in total. The lowest BCUT2D eigenvalue weighted by molar-refractivity contribution is -0.389. The second-order valence-corrected chi connectivity index (χ2v) is 3.95. The van der Waals surface area contributed by atoms with Crippen molar-refractivity contribution < 1.29 is 14.4 Å².